The van der Waals surface area contributed by atoms with Crippen LogP contribution in [0.3, 0.4) is 0 Å². The van der Waals surface area contributed by atoms with Crippen LogP contribution in [0.2, 0.25) is 5.15 Å². The van der Waals surface area contributed by atoms with Gasteiger partial charge in [-0.15, -0.1) is 0 Å². The average Bonchev–Trinajstić information content (AvgIpc) is 2.35. The summed E-state index contributed by atoms with van der Waals surface area (Å²) in [4.78, 5) is 8.15. The zero-order valence-corrected chi connectivity index (χ0v) is 10.8. The van der Waals surface area contributed by atoms with Crippen molar-refractivity contribution in [2.45, 2.75) is 38.6 Å². The molecule has 1 aliphatic rings. The molecule has 0 amide bonds. The van der Waals surface area contributed by atoms with Crippen molar-refractivity contribution in [3.63, 3.8) is 0 Å². The Kier molecular flexibility index (Phi) is 4.57. The molecule has 1 fully saturated rings. The Morgan fingerprint density at radius 3 is 3.12 bits per heavy atom. The van der Waals surface area contributed by atoms with Crippen LogP contribution < -0.4 is 10.1 Å². The van der Waals surface area contributed by atoms with E-state index in [1.807, 2.05) is 6.92 Å². The normalized spacial score (nSPS) is 20.2. The molecule has 0 saturated carbocycles. The number of ether oxygens (including phenoxy) is 1. The Balaban J connectivity index is 1.75. The van der Waals surface area contributed by atoms with Crippen LogP contribution in [0.5, 0.6) is 6.01 Å². The molecule has 1 aromatic heterocycles. The van der Waals surface area contributed by atoms with Gasteiger partial charge in [0.25, 0.3) is 0 Å². The van der Waals surface area contributed by atoms with Crippen LogP contribution in [0.4, 0.5) is 0 Å². The summed E-state index contributed by atoms with van der Waals surface area (Å²) in [7, 11) is 0. The molecule has 17 heavy (non-hydrogen) atoms. The molecule has 1 aromatic rings. The molecule has 1 unspecified atom stereocenters. The van der Waals surface area contributed by atoms with Gasteiger partial charge in [0, 0.05) is 17.8 Å². The highest BCUT2D eigenvalue weighted by atomic mass is 35.5. The first kappa shape index (κ1) is 12.6. The van der Waals surface area contributed by atoms with E-state index in [2.05, 4.69) is 15.3 Å². The van der Waals surface area contributed by atoms with Gasteiger partial charge >= 0.3 is 6.01 Å². The van der Waals surface area contributed by atoms with Gasteiger partial charge < -0.3 is 10.1 Å². The van der Waals surface area contributed by atoms with Gasteiger partial charge in [0.15, 0.2) is 0 Å². The molecule has 0 radical (unpaired) electrons. The van der Waals surface area contributed by atoms with Crippen LogP contribution in [-0.4, -0.2) is 29.2 Å². The van der Waals surface area contributed by atoms with Crippen molar-refractivity contribution in [2.75, 3.05) is 13.2 Å². The van der Waals surface area contributed by atoms with Crippen molar-refractivity contribution in [1.29, 1.82) is 0 Å². The predicted octanol–water partition coefficient (Wildman–Crippen LogP) is 2.35. The number of halogens is 1. The smallest absolute Gasteiger partial charge is 0.317 e. The topological polar surface area (TPSA) is 47.0 Å². The fourth-order valence-corrected chi connectivity index (χ4v) is 2.06. The maximum Gasteiger partial charge on any atom is 0.317 e. The molecular weight excluding hydrogens is 238 g/mol. The third-order valence-electron chi connectivity index (χ3n) is 3.00. The van der Waals surface area contributed by atoms with E-state index in [-0.39, 0.29) is 0 Å². The number of hydrogen-bond donors (Lipinski definition) is 1. The third kappa shape index (κ3) is 3.82. The highest BCUT2D eigenvalue weighted by Crippen LogP contribution is 2.14. The molecule has 2 rings (SSSR count). The molecule has 1 saturated heterocycles. The van der Waals surface area contributed by atoms with E-state index < -0.39 is 0 Å². The van der Waals surface area contributed by atoms with Gasteiger partial charge in [-0.25, -0.2) is 4.98 Å². The van der Waals surface area contributed by atoms with Crippen LogP contribution in [0.15, 0.2) is 6.20 Å². The molecule has 0 aromatic carbocycles. The minimum absolute atomic E-state index is 0.372. The van der Waals surface area contributed by atoms with E-state index in [0.29, 0.717) is 23.8 Å². The highest BCUT2D eigenvalue weighted by molar-refractivity contribution is 6.30. The fraction of sp³-hybridized carbons (Fsp3) is 0.667. The van der Waals surface area contributed by atoms with Crippen LogP contribution in [0.1, 0.15) is 31.2 Å². The number of rotatable bonds is 4. The predicted molar refractivity (Wildman–Crippen MR) is 67.5 cm³/mol. The van der Waals surface area contributed by atoms with Crippen molar-refractivity contribution >= 4 is 11.6 Å². The second-order valence-corrected chi connectivity index (χ2v) is 4.77. The molecule has 0 spiro atoms. The Morgan fingerprint density at radius 1 is 1.53 bits per heavy atom. The number of piperidine rings is 1. The summed E-state index contributed by atoms with van der Waals surface area (Å²) in [5.74, 6) is 0. The first-order chi connectivity index (χ1) is 8.25. The highest BCUT2D eigenvalue weighted by Gasteiger charge is 2.12. The number of nitrogens with zero attached hydrogens (tertiary/aromatic N) is 2. The minimum Gasteiger partial charge on any atom is -0.463 e. The van der Waals surface area contributed by atoms with Gasteiger partial charge in [0.2, 0.25) is 0 Å². The summed E-state index contributed by atoms with van der Waals surface area (Å²) in [5.41, 5.74) is 0.868. The van der Waals surface area contributed by atoms with Crippen LogP contribution in [0.25, 0.3) is 0 Å². The van der Waals surface area contributed by atoms with Crippen LogP contribution in [-0.2, 0) is 0 Å². The van der Waals surface area contributed by atoms with E-state index in [9.17, 15) is 0 Å². The quantitative estimate of drug-likeness (QED) is 0.839. The molecule has 4 nitrogen and oxygen atoms in total. The van der Waals surface area contributed by atoms with Gasteiger partial charge in [0.05, 0.1) is 6.61 Å². The Hall–Kier alpha value is -0.870. The second kappa shape index (κ2) is 6.17. The zero-order chi connectivity index (χ0) is 12.1. The lowest BCUT2D eigenvalue weighted by Crippen LogP contribution is -2.35. The first-order valence-corrected chi connectivity index (χ1v) is 6.49. The molecule has 2 heterocycles. The maximum atomic E-state index is 5.90. The summed E-state index contributed by atoms with van der Waals surface area (Å²) >= 11 is 5.90. The fourth-order valence-electron chi connectivity index (χ4n) is 1.94. The van der Waals surface area contributed by atoms with Gasteiger partial charge in [-0.05, 0) is 32.7 Å². The van der Waals surface area contributed by atoms with Crippen molar-refractivity contribution in [3.8, 4) is 6.01 Å². The maximum absolute atomic E-state index is 5.90. The molecule has 1 N–H and O–H groups in total. The lowest BCUT2D eigenvalue weighted by molar-refractivity contribution is 0.252. The monoisotopic (exact) mass is 255 g/mol. The average molecular weight is 256 g/mol. The first-order valence-electron chi connectivity index (χ1n) is 6.11. The van der Waals surface area contributed by atoms with E-state index >= 15 is 0 Å². The minimum atomic E-state index is 0.372. The molecule has 5 heteroatoms. The Morgan fingerprint density at radius 2 is 2.41 bits per heavy atom. The second-order valence-electron chi connectivity index (χ2n) is 4.41. The molecule has 0 aliphatic carbocycles. The number of aromatic nitrogens is 2. The van der Waals surface area contributed by atoms with Gasteiger partial charge in [-0.1, -0.05) is 18.0 Å². The van der Waals surface area contributed by atoms with Crippen LogP contribution >= 0.6 is 11.6 Å². The third-order valence-corrected chi connectivity index (χ3v) is 3.38. The van der Waals surface area contributed by atoms with E-state index in [1.54, 1.807) is 6.20 Å². The zero-order valence-electron chi connectivity index (χ0n) is 10.1. The molecule has 1 aliphatic heterocycles. The van der Waals surface area contributed by atoms with E-state index in [1.165, 1.54) is 19.3 Å². The number of hydrogen-bond acceptors (Lipinski definition) is 4. The molecular formula is C12H18ClN3O. The number of aryl methyl sites for hydroxylation is 1. The van der Waals surface area contributed by atoms with Crippen molar-refractivity contribution in [1.82, 2.24) is 15.3 Å². The lowest BCUT2D eigenvalue weighted by Gasteiger charge is -2.23. The van der Waals surface area contributed by atoms with Crippen molar-refractivity contribution in [3.05, 3.63) is 16.9 Å². The summed E-state index contributed by atoms with van der Waals surface area (Å²) < 4.78 is 5.50. The summed E-state index contributed by atoms with van der Waals surface area (Å²) in [6.45, 7) is 3.63. The van der Waals surface area contributed by atoms with Crippen molar-refractivity contribution < 1.29 is 4.74 Å². The SMILES string of the molecule is Cc1cnc(OCCC2CCCCN2)nc1Cl. The largest absolute Gasteiger partial charge is 0.463 e. The van der Waals surface area contributed by atoms with Gasteiger partial charge in [0.1, 0.15) is 5.15 Å². The molecule has 1 atom stereocenters. The van der Waals surface area contributed by atoms with Gasteiger partial charge in [-0.3, -0.25) is 0 Å². The van der Waals surface area contributed by atoms with E-state index in [4.69, 9.17) is 16.3 Å². The summed E-state index contributed by atoms with van der Waals surface area (Å²) in [6.07, 6.45) is 6.51. The Bertz CT molecular complexity index is 367. The molecule has 0 bridgehead atoms. The van der Waals surface area contributed by atoms with Crippen LogP contribution in [0, 0.1) is 6.92 Å². The number of nitrogens with one attached hydrogen (secondary N) is 1. The summed E-state index contributed by atoms with van der Waals surface area (Å²) in [5, 5.41) is 3.94. The molecule has 94 valence electrons. The standard InChI is InChI=1S/C12H18ClN3O/c1-9-8-15-12(16-11(9)13)17-7-5-10-4-2-3-6-14-10/h8,10,14H,2-7H2,1H3. The van der Waals surface area contributed by atoms with Gasteiger partial charge in [-0.2, -0.15) is 4.98 Å². The summed E-state index contributed by atoms with van der Waals surface area (Å²) in [6, 6.07) is 0.945. The van der Waals surface area contributed by atoms with Crippen molar-refractivity contribution in [2.24, 2.45) is 0 Å². The lowest BCUT2D eigenvalue weighted by atomic mass is 10.0. The van der Waals surface area contributed by atoms with E-state index in [0.717, 1.165) is 18.5 Å². The Labute approximate surface area is 107 Å².